The van der Waals surface area contributed by atoms with Crippen molar-refractivity contribution in [3.8, 4) is 5.75 Å². The van der Waals surface area contributed by atoms with Crippen LogP contribution in [0.15, 0.2) is 18.2 Å². The number of hydrogen-bond donors (Lipinski definition) is 2. The number of aliphatic hydroxyl groups is 1. The van der Waals surface area contributed by atoms with Crippen molar-refractivity contribution < 1.29 is 15.0 Å². The summed E-state index contributed by atoms with van der Waals surface area (Å²) in [6.45, 7) is 4.45. The number of likely N-dealkylation sites (tertiary alicyclic amines) is 1. The first-order valence-corrected chi connectivity index (χ1v) is 5.76. The highest BCUT2D eigenvalue weighted by Gasteiger charge is 2.42. The summed E-state index contributed by atoms with van der Waals surface area (Å²) >= 11 is 0. The van der Waals surface area contributed by atoms with Crippen LogP contribution in [0.5, 0.6) is 5.75 Å². The van der Waals surface area contributed by atoms with Gasteiger partial charge in [-0.3, -0.25) is 4.79 Å². The molecule has 0 bridgehead atoms. The van der Waals surface area contributed by atoms with Gasteiger partial charge in [0.15, 0.2) is 0 Å². The van der Waals surface area contributed by atoms with E-state index in [1.807, 2.05) is 6.92 Å². The van der Waals surface area contributed by atoms with Gasteiger partial charge in [-0.05, 0) is 37.1 Å². The van der Waals surface area contributed by atoms with Crippen molar-refractivity contribution in [2.45, 2.75) is 25.9 Å². The summed E-state index contributed by atoms with van der Waals surface area (Å²) in [5.74, 6) is 0.0986. The Morgan fingerprint density at radius 3 is 2.65 bits per heavy atom. The number of aryl methyl sites for hydroxylation is 1. The second kappa shape index (κ2) is 4.04. The third-order valence-electron chi connectivity index (χ3n) is 3.36. The predicted molar refractivity (Wildman–Crippen MR) is 64.0 cm³/mol. The van der Waals surface area contributed by atoms with Crippen molar-refractivity contribution in [3.05, 3.63) is 29.3 Å². The molecule has 0 aromatic heterocycles. The summed E-state index contributed by atoms with van der Waals surface area (Å²) < 4.78 is 0. The molecule has 0 unspecified atom stereocenters. The minimum absolute atomic E-state index is 0.0915. The summed E-state index contributed by atoms with van der Waals surface area (Å²) in [7, 11) is 0. The molecule has 4 nitrogen and oxygen atoms in total. The molecule has 1 aliphatic rings. The number of aromatic hydroxyl groups is 1. The summed E-state index contributed by atoms with van der Waals surface area (Å²) in [5, 5.41) is 19.2. The van der Waals surface area contributed by atoms with E-state index in [2.05, 4.69) is 0 Å². The Bertz CT molecular complexity index is 450. The first kappa shape index (κ1) is 11.9. The molecule has 4 heteroatoms. The number of carbonyl (C=O) groups excluding carboxylic acids is 1. The average molecular weight is 235 g/mol. The van der Waals surface area contributed by atoms with Crippen LogP contribution < -0.4 is 0 Å². The number of phenols is 1. The molecule has 92 valence electrons. The van der Waals surface area contributed by atoms with Crippen molar-refractivity contribution in [3.63, 3.8) is 0 Å². The Morgan fingerprint density at radius 2 is 2.12 bits per heavy atom. The minimum atomic E-state index is -0.707. The monoisotopic (exact) mass is 235 g/mol. The van der Waals surface area contributed by atoms with Crippen LogP contribution in [-0.4, -0.2) is 39.7 Å². The van der Waals surface area contributed by atoms with E-state index in [4.69, 9.17) is 0 Å². The van der Waals surface area contributed by atoms with Gasteiger partial charge < -0.3 is 15.1 Å². The Morgan fingerprint density at radius 1 is 1.47 bits per heavy atom. The number of rotatable bonds is 2. The van der Waals surface area contributed by atoms with Gasteiger partial charge in [-0.15, -0.1) is 0 Å². The van der Waals surface area contributed by atoms with Gasteiger partial charge in [0, 0.05) is 5.56 Å². The molecule has 1 amide bonds. The molecule has 17 heavy (non-hydrogen) atoms. The molecule has 1 aromatic carbocycles. The van der Waals surface area contributed by atoms with Crippen LogP contribution in [0.25, 0.3) is 0 Å². The fourth-order valence-electron chi connectivity index (χ4n) is 2.00. The Kier molecular flexibility index (Phi) is 2.83. The molecule has 0 atom stereocenters. The number of phenolic OH excluding ortho intramolecular Hbond substituents is 1. The normalized spacial score (nSPS) is 17.7. The number of amides is 1. The SMILES string of the molecule is CCC1(O)CN(C(=O)c2ccc(O)c(C)c2)C1. The summed E-state index contributed by atoms with van der Waals surface area (Å²) in [6, 6.07) is 4.79. The van der Waals surface area contributed by atoms with Crippen LogP contribution in [0.3, 0.4) is 0 Å². The number of hydrogen-bond acceptors (Lipinski definition) is 3. The van der Waals surface area contributed by atoms with Crippen molar-refractivity contribution in [2.24, 2.45) is 0 Å². The second-order valence-corrected chi connectivity index (χ2v) is 4.74. The highest BCUT2D eigenvalue weighted by Crippen LogP contribution is 2.26. The van der Waals surface area contributed by atoms with E-state index in [9.17, 15) is 15.0 Å². The van der Waals surface area contributed by atoms with E-state index >= 15 is 0 Å². The van der Waals surface area contributed by atoms with Gasteiger partial charge in [-0.2, -0.15) is 0 Å². The number of carbonyl (C=O) groups is 1. The zero-order valence-corrected chi connectivity index (χ0v) is 10.1. The van der Waals surface area contributed by atoms with Crippen molar-refractivity contribution >= 4 is 5.91 Å². The Hall–Kier alpha value is -1.55. The molecule has 1 aliphatic heterocycles. The Balaban J connectivity index is 2.09. The third-order valence-corrected chi connectivity index (χ3v) is 3.36. The molecule has 1 saturated heterocycles. The molecule has 0 radical (unpaired) electrons. The lowest BCUT2D eigenvalue weighted by atomic mass is 9.90. The van der Waals surface area contributed by atoms with E-state index in [1.165, 1.54) is 6.07 Å². The zero-order valence-electron chi connectivity index (χ0n) is 10.1. The highest BCUT2D eigenvalue weighted by atomic mass is 16.3. The maximum absolute atomic E-state index is 12.0. The number of β-amino-alcohol motifs (C(OH)–C–C–N with tert-alkyl or cyclic N) is 1. The number of benzene rings is 1. The molecule has 2 rings (SSSR count). The zero-order chi connectivity index (χ0) is 12.6. The molecule has 0 aliphatic carbocycles. The number of nitrogens with zero attached hydrogens (tertiary/aromatic N) is 1. The van der Waals surface area contributed by atoms with E-state index in [-0.39, 0.29) is 11.7 Å². The molecule has 1 fully saturated rings. The summed E-state index contributed by atoms with van der Waals surface area (Å²) in [6.07, 6.45) is 0.658. The molecule has 0 spiro atoms. The van der Waals surface area contributed by atoms with E-state index in [0.29, 0.717) is 30.6 Å². The van der Waals surface area contributed by atoms with Crippen LogP contribution in [0.1, 0.15) is 29.3 Å². The maximum Gasteiger partial charge on any atom is 0.254 e. The lowest BCUT2D eigenvalue weighted by molar-refractivity contribution is -0.0826. The first-order valence-electron chi connectivity index (χ1n) is 5.76. The maximum atomic E-state index is 12.0. The second-order valence-electron chi connectivity index (χ2n) is 4.74. The first-order chi connectivity index (χ1) is 7.95. The van der Waals surface area contributed by atoms with E-state index in [0.717, 1.165) is 0 Å². The van der Waals surface area contributed by atoms with E-state index < -0.39 is 5.60 Å². The van der Waals surface area contributed by atoms with Gasteiger partial charge in [0.1, 0.15) is 5.75 Å². The summed E-state index contributed by atoms with van der Waals surface area (Å²) in [5.41, 5.74) is 0.530. The topological polar surface area (TPSA) is 60.8 Å². The van der Waals surface area contributed by atoms with Crippen LogP contribution in [0, 0.1) is 6.92 Å². The van der Waals surface area contributed by atoms with Crippen LogP contribution in [-0.2, 0) is 0 Å². The average Bonchev–Trinajstić information content (AvgIpc) is 2.27. The van der Waals surface area contributed by atoms with Crippen LogP contribution in [0.4, 0.5) is 0 Å². The largest absolute Gasteiger partial charge is 0.508 e. The minimum Gasteiger partial charge on any atom is -0.508 e. The highest BCUT2D eigenvalue weighted by molar-refractivity contribution is 5.95. The van der Waals surface area contributed by atoms with Gasteiger partial charge in [0.05, 0.1) is 18.7 Å². The predicted octanol–water partition coefficient (Wildman–Crippen LogP) is 1.30. The van der Waals surface area contributed by atoms with Crippen LogP contribution >= 0.6 is 0 Å². The molecule has 1 heterocycles. The van der Waals surface area contributed by atoms with Crippen molar-refractivity contribution in [2.75, 3.05) is 13.1 Å². The van der Waals surface area contributed by atoms with E-state index in [1.54, 1.807) is 24.0 Å². The van der Waals surface area contributed by atoms with Gasteiger partial charge in [-0.1, -0.05) is 6.92 Å². The molecule has 2 N–H and O–H groups in total. The lowest BCUT2D eigenvalue weighted by Gasteiger charge is -2.46. The van der Waals surface area contributed by atoms with Gasteiger partial charge in [0.2, 0.25) is 0 Å². The smallest absolute Gasteiger partial charge is 0.254 e. The molecule has 0 saturated carbocycles. The van der Waals surface area contributed by atoms with Gasteiger partial charge in [0.25, 0.3) is 5.91 Å². The molecule has 1 aromatic rings. The summed E-state index contributed by atoms with van der Waals surface area (Å²) in [4.78, 5) is 13.6. The third kappa shape index (κ3) is 2.13. The van der Waals surface area contributed by atoms with Gasteiger partial charge in [-0.25, -0.2) is 0 Å². The fraction of sp³-hybridized carbons (Fsp3) is 0.462. The molecular weight excluding hydrogens is 218 g/mol. The molecular formula is C13H17NO3. The van der Waals surface area contributed by atoms with Crippen molar-refractivity contribution in [1.82, 2.24) is 4.90 Å². The fourth-order valence-corrected chi connectivity index (χ4v) is 2.00. The lowest BCUT2D eigenvalue weighted by Crippen LogP contribution is -2.63. The Labute approximate surface area is 100 Å². The van der Waals surface area contributed by atoms with Crippen molar-refractivity contribution in [1.29, 1.82) is 0 Å². The van der Waals surface area contributed by atoms with Gasteiger partial charge >= 0.3 is 0 Å². The van der Waals surface area contributed by atoms with Crippen LogP contribution in [0.2, 0.25) is 0 Å². The quantitative estimate of drug-likeness (QED) is 0.812. The standard InChI is InChI=1S/C13H17NO3/c1-3-13(17)7-14(8-13)12(16)10-4-5-11(15)9(2)6-10/h4-6,15,17H,3,7-8H2,1-2H3.